The Balaban J connectivity index is 1.88. The second kappa shape index (κ2) is 5.03. The SMILES string of the molecule is CC(C)(O)C1CCCN1CC1CCOCC1. The molecule has 0 bridgehead atoms. The summed E-state index contributed by atoms with van der Waals surface area (Å²) in [6.45, 7) is 8.04. The van der Waals surface area contributed by atoms with Crippen LogP contribution in [-0.2, 0) is 4.74 Å². The lowest BCUT2D eigenvalue weighted by Gasteiger charge is -2.36. The van der Waals surface area contributed by atoms with E-state index in [1.807, 2.05) is 13.8 Å². The maximum Gasteiger partial charge on any atom is 0.0746 e. The largest absolute Gasteiger partial charge is 0.389 e. The molecule has 2 aliphatic rings. The molecule has 0 amide bonds. The van der Waals surface area contributed by atoms with Crippen LogP contribution in [0.15, 0.2) is 0 Å². The lowest BCUT2D eigenvalue weighted by Crippen LogP contribution is -2.47. The average molecular weight is 227 g/mol. The molecule has 1 unspecified atom stereocenters. The summed E-state index contributed by atoms with van der Waals surface area (Å²) < 4.78 is 5.39. The van der Waals surface area contributed by atoms with E-state index < -0.39 is 5.60 Å². The molecular weight excluding hydrogens is 202 g/mol. The topological polar surface area (TPSA) is 32.7 Å². The quantitative estimate of drug-likeness (QED) is 0.795. The van der Waals surface area contributed by atoms with Gasteiger partial charge in [0.15, 0.2) is 0 Å². The molecule has 2 fully saturated rings. The van der Waals surface area contributed by atoms with Crippen LogP contribution in [0.5, 0.6) is 0 Å². The van der Waals surface area contributed by atoms with Crippen molar-refractivity contribution >= 4 is 0 Å². The summed E-state index contributed by atoms with van der Waals surface area (Å²) in [5, 5.41) is 10.2. The molecule has 1 N–H and O–H groups in total. The van der Waals surface area contributed by atoms with E-state index >= 15 is 0 Å². The summed E-state index contributed by atoms with van der Waals surface area (Å²) in [6, 6.07) is 0.357. The Hall–Kier alpha value is -0.120. The molecule has 2 rings (SSSR count). The van der Waals surface area contributed by atoms with E-state index in [2.05, 4.69) is 4.90 Å². The molecule has 2 saturated heterocycles. The summed E-state index contributed by atoms with van der Waals surface area (Å²) in [5.74, 6) is 0.775. The standard InChI is InChI=1S/C13H25NO2/c1-13(2,15)12-4-3-7-14(12)10-11-5-8-16-9-6-11/h11-12,15H,3-10H2,1-2H3. The van der Waals surface area contributed by atoms with Gasteiger partial charge in [0.1, 0.15) is 0 Å². The van der Waals surface area contributed by atoms with Gasteiger partial charge in [0.2, 0.25) is 0 Å². The van der Waals surface area contributed by atoms with Gasteiger partial charge < -0.3 is 9.84 Å². The van der Waals surface area contributed by atoms with Gasteiger partial charge in [0, 0.05) is 25.8 Å². The van der Waals surface area contributed by atoms with Gasteiger partial charge in [0.25, 0.3) is 0 Å². The van der Waals surface area contributed by atoms with E-state index in [-0.39, 0.29) is 0 Å². The highest BCUT2D eigenvalue weighted by Crippen LogP contribution is 2.29. The molecule has 0 radical (unpaired) electrons. The van der Waals surface area contributed by atoms with E-state index in [0.717, 1.165) is 38.6 Å². The number of nitrogens with zero attached hydrogens (tertiary/aromatic N) is 1. The Morgan fingerprint density at radius 1 is 1.25 bits per heavy atom. The van der Waals surface area contributed by atoms with Crippen LogP contribution in [0.4, 0.5) is 0 Å². The number of aliphatic hydroxyl groups is 1. The predicted octanol–water partition coefficient (Wildman–Crippen LogP) is 1.65. The fourth-order valence-electron chi connectivity index (χ4n) is 3.11. The molecule has 0 spiro atoms. The molecule has 3 nitrogen and oxygen atoms in total. The number of ether oxygens (including phenoxy) is 1. The van der Waals surface area contributed by atoms with Crippen molar-refractivity contribution in [1.29, 1.82) is 0 Å². The number of hydrogen-bond acceptors (Lipinski definition) is 3. The van der Waals surface area contributed by atoms with Gasteiger partial charge in [-0.25, -0.2) is 0 Å². The third-order valence-corrected chi connectivity index (χ3v) is 4.01. The van der Waals surface area contributed by atoms with Gasteiger partial charge >= 0.3 is 0 Å². The number of hydrogen-bond donors (Lipinski definition) is 1. The van der Waals surface area contributed by atoms with Gasteiger partial charge in [-0.15, -0.1) is 0 Å². The van der Waals surface area contributed by atoms with Crippen molar-refractivity contribution in [3.8, 4) is 0 Å². The predicted molar refractivity (Wildman–Crippen MR) is 64.4 cm³/mol. The van der Waals surface area contributed by atoms with Crippen molar-refractivity contribution in [3.63, 3.8) is 0 Å². The van der Waals surface area contributed by atoms with Crippen LogP contribution in [-0.4, -0.2) is 48.0 Å². The monoisotopic (exact) mass is 227 g/mol. The number of rotatable bonds is 3. The molecule has 0 aromatic heterocycles. The van der Waals surface area contributed by atoms with Gasteiger partial charge in [-0.05, 0) is 52.0 Å². The first-order chi connectivity index (χ1) is 7.57. The van der Waals surface area contributed by atoms with E-state index in [4.69, 9.17) is 4.74 Å². The van der Waals surface area contributed by atoms with Crippen LogP contribution in [0.1, 0.15) is 39.5 Å². The molecule has 1 atom stereocenters. The Labute approximate surface area is 98.8 Å². The summed E-state index contributed by atoms with van der Waals surface area (Å²) in [4.78, 5) is 2.50. The summed E-state index contributed by atoms with van der Waals surface area (Å²) in [7, 11) is 0. The number of likely N-dealkylation sites (tertiary alicyclic amines) is 1. The minimum absolute atomic E-state index is 0.357. The molecule has 3 heteroatoms. The van der Waals surface area contributed by atoms with Crippen molar-refractivity contribution in [1.82, 2.24) is 4.90 Å². The maximum atomic E-state index is 10.2. The van der Waals surface area contributed by atoms with Crippen LogP contribution >= 0.6 is 0 Å². The third-order valence-electron chi connectivity index (χ3n) is 4.01. The first-order valence-corrected chi connectivity index (χ1v) is 6.61. The zero-order valence-corrected chi connectivity index (χ0v) is 10.6. The second-order valence-electron chi connectivity index (χ2n) is 5.86. The molecule has 0 aliphatic carbocycles. The van der Waals surface area contributed by atoms with Crippen LogP contribution in [0.25, 0.3) is 0 Å². The first-order valence-electron chi connectivity index (χ1n) is 6.61. The van der Waals surface area contributed by atoms with Crippen LogP contribution in [0.2, 0.25) is 0 Å². The Bertz CT molecular complexity index is 218. The zero-order valence-electron chi connectivity index (χ0n) is 10.6. The van der Waals surface area contributed by atoms with Gasteiger partial charge in [-0.2, -0.15) is 0 Å². The average Bonchev–Trinajstić information content (AvgIpc) is 2.67. The maximum absolute atomic E-state index is 10.2. The highest BCUT2D eigenvalue weighted by atomic mass is 16.5. The van der Waals surface area contributed by atoms with Crippen molar-refractivity contribution < 1.29 is 9.84 Å². The second-order valence-corrected chi connectivity index (χ2v) is 5.86. The highest BCUT2D eigenvalue weighted by Gasteiger charge is 2.36. The Morgan fingerprint density at radius 3 is 2.56 bits per heavy atom. The molecule has 2 heterocycles. The Morgan fingerprint density at radius 2 is 1.94 bits per heavy atom. The van der Waals surface area contributed by atoms with Crippen LogP contribution in [0.3, 0.4) is 0 Å². The minimum Gasteiger partial charge on any atom is -0.389 e. The molecule has 94 valence electrons. The first kappa shape index (κ1) is 12.3. The molecular formula is C13H25NO2. The van der Waals surface area contributed by atoms with Gasteiger partial charge in [0.05, 0.1) is 5.60 Å². The van der Waals surface area contributed by atoms with Crippen molar-refractivity contribution in [2.24, 2.45) is 5.92 Å². The summed E-state index contributed by atoms with van der Waals surface area (Å²) >= 11 is 0. The fraction of sp³-hybridized carbons (Fsp3) is 1.00. The van der Waals surface area contributed by atoms with E-state index in [9.17, 15) is 5.11 Å². The van der Waals surface area contributed by atoms with Crippen molar-refractivity contribution in [2.75, 3.05) is 26.3 Å². The van der Waals surface area contributed by atoms with E-state index in [1.54, 1.807) is 0 Å². The minimum atomic E-state index is -0.554. The third kappa shape index (κ3) is 2.96. The summed E-state index contributed by atoms with van der Waals surface area (Å²) in [6.07, 6.45) is 4.76. The molecule has 0 aromatic rings. The Kier molecular flexibility index (Phi) is 3.88. The molecule has 2 aliphatic heterocycles. The van der Waals surface area contributed by atoms with Crippen LogP contribution < -0.4 is 0 Å². The smallest absolute Gasteiger partial charge is 0.0746 e. The summed E-state index contributed by atoms with van der Waals surface area (Å²) in [5.41, 5.74) is -0.554. The van der Waals surface area contributed by atoms with Crippen molar-refractivity contribution in [2.45, 2.75) is 51.2 Å². The van der Waals surface area contributed by atoms with Crippen LogP contribution in [0, 0.1) is 5.92 Å². The van der Waals surface area contributed by atoms with Gasteiger partial charge in [-0.3, -0.25) is 4.90 Å². The molecule has 16 heavy (non-hydrogen) atoms. The highest BCUT2D eigenvalue weighted by molar-refractivity contribution is 4.91. The lowest BCUT2D eigenvalue weighted by atomic mass is 9.94. The normalized spacial score (nSPS) is 29.8. The zero-order chi connectivity index (χ0) is 11.6. The van der Waals surface area contributed by atoms with E-state index in [0.29, 0.717) is 6.04 Å². The molecule has 0 saturated carbocycles. The van der Waals surface area contributed by atoms with E-state index in [1.165, 1.54) is 19.3 Å². The van der Waals surface area contributed by atoms with Gasteiger partial charge in [-0.1, -0.05) is 0 Å². The lowest BCUT2D eigenvalue weighted by molar-refractivity contribution is -0.0159. The molecule has 0 aromatic carbocycles. The fourth-order valence-corrected chi connectivity index (χ4v) is 3.11. The van der Waals surface area contributed by atoms with Crippen molar-refractivity contribution in [3.05, 3.63) is 0 Å².